The Hall–Kier alpha value is -1.15. The zero-order valence-corrected chi connectivity index (χ0v) is 11.5. The van der Waals surface area contributed by atoms with Crippen molar-refractivity contribution < 1.29 is 4.39 Å². The molecule has 88 valence electrons. The van der Waals surface area contributed by atoms with Gasteiger partial charge in [0, 0.05) is 0 Å². The summed E-state index contributed by atoms with van der Waals surface area (Å²) in [6.07, 6.45) is 0. The van der Waals surface area contributed by atoms with Gasteiger partial charge in [-0.05, 0) is 48.2 Å². The normalized spacial score (nSPS) is 12.5. The van der Waals surface area contributed by atoms with Gasteiger partial charge in [-0.3, -0.25) is 0 Å². The monoisotopic (exact) mass is 292 g/mol. The van der Waals surface area contributed by atoms with Gasteiger partial charge in [-0.25, -0.2) is 4.39 Å². The minimum Gasteiger partial charge on any atom is -0.207 e. The molecule has 0 saturated carbocycles. The van der Waals surface area contributed by atoms with Crippen LogP contribution < -0.4 is 0 Å². The number of rotatable bonds is 2. The van der Waals surface area contributed by atoms with Crippen LogP contribution in [0.25, 0.3) is 0 Å². The summed E-state index contributed by atoms with van der Waals surface area (Å²) in [5, 5.41) is 0. The molecule has 0 heterocycles. The molecule has 0 N–H and O–H groups in total. The molecule has 2 heteroatoms. The second kappa shape index (κ2) is 5.01. The molecule has 0 fully saturated rings. The van der Waals surface area contributed by atoms with Crippen LogP contribution in [0.5, 0.6) is 0 Å². The van der Waals surface area contributed by atoms with Gasteiger partial charge in [0.05, 0.1) is 4.83 Å². The molecule has 0 aliphatic carbocycles. The van der Waals surface area contributed by atoms with E-state index in [1.165, 1.54) is 28.8 Å². The number of hydrogen-bond donors (Lipinski definition) is 0. The van der Waals surface area contributed by atoms with E-state index < -0.39 is 0 Å². The summed E-state index contributed by atoms with van der Waals surface area (Å²) in [5.41, 5.74) is 4.83. The van der Waals surface area contributed by atoms with Gasteiger partial charge >= 0.3 is 0 Å². The Labute approximate surface area is 110 Å². The minimum atomic E-state index is -0.199. The maximum atomic E-state index is 12.9. The van der Waals surface area contributed by atoms with E-state index in [1.807, 2.05) is 12.1 Å². The van der Waals surface area contributed by atoms with Crippen LogP contribution in [0.4, 0.5) is 4.39 Å². The predicted octanol–water partition coefficient (Wildman–Crippen LogP) is 4.93. The van der Waals surface area contributed by atoms with E-state index in [2.05, 4.69) is 48.0 Å². The van der Waals surface area contributed by atoms with E-state index >= 15 is 0 Å². The Morgan fingerprint density at radius 2 is 1.47 bits per heavy atom. The lowest BCUT2D eigenvalue weighted by Crippen LogP contribution is -1.99. The average Bonchev–Trinajstić information content (AvgIpc) is 2.29. The lowest BCUT2D eigenvalue weighted by Gasteiger charge is -2.16. The minimum absolute atomic E-state index is 0.115. The number of benzene rings is 2. The first-order valence-electron chi connectivity index (χ1n) is 5.55. The van der Waals surface area contributed by atoms with Crippen molar-refractivity contribution in [3.8, 4) is 0 Å². The summed E-state index contributed by atoms with van der Waals surface area (Å²) in [6, 6.07) is 12.9. The lowest BCUT2D eigenvalue weighted by molar-refractivity contribution is 0.627. The molecule has 0 bridgehead atoms. The highest BCUT2D eigenvalue weighted by molar-refractivity contribution is 9.09. The van der Waals surface area contributed by atoms with Crippen molar-refractivity contribution >= 4 is 15.9 Å². The van der Waals surface area contributed by atoms with E-state index in [-0.39, 0.29) is 10.6 Å². The summed E-state index contributed by atoms with van der Waals surface area (Å²) in [4.78, 5) is 0.115. The summed E-state index contributed by atoms with van der Waals surface area (Å²) in [6.45, 7) is 4.19. The molecule has 0 aromatic heterocycles. The first-order chi connectivity index (χ1) is 8.09. The van der Waals surface area contributed by atoms with Crippen molar-refractivity contribution in [2.45, 2.75) is 18.7 Å². The summed E-state index contributed by atoms with van der Waals surface area (Å²) < 4.78 is 12.9. The molecule has 2 rings (SSSR count). The summed E-state index contributed by atoms with van der Waals surface area (Å²) in [7, 11) is 0. The smallest absolute Gasteiger partial charge is 0.123 e. The number of aryl methyl sites for hydroxylation is 2. The molecule has 17 heavy (non-hydrogen) atoms. The molecule has 2 aromatic carbocycles. The highest BCUT2D eigenvalue weighted by Gasteiger charge is 2.14. The average molecular weight is 293 g/mol. The zero-order valence-electron chi connectivity index (χ0n) is 9.87. The highest BCUT2D eigenvalue weighted by atomic mass is 79.9. The third kappa shape index (κ3) is 2.58. The largest absolute Gasteiger partial charge is 0.207 e. The van der Waals surface area contributed by atoms with Crippen molar-refractivity contribution in [2.75, 3.05) is 0 Å². The van der Waals surface area contributed by atoms with Crippen LogP contribution in [-0.2, 0) is 0 Å². The molecule has 0 nitrogen and oxygen atoms in total. The lowest BCUT2D eigenvalue weighted by atomic mass is 9.96. The van der Waals surface area contributed by atoms with E-state index in [0.29, 0.717) is 0 Å². The van der Waals surface area contributed by atoms with Crippen LogP contribution in [0.1, 0.15) is 27.1 Å². The standard InChI is InChI=1S/C15H14BrF/c1-10-4-3-5-11(2)14(10)15(16)12-6-8-13(17)9-7-12/h3-9,15H,1-2H3. The number of hydrogen-bond acceptors (Lipinski definition) is 0. The van der Waals surface area contributed by atoms with Gasteiger partial charge in [-0.2, -0.15) is 0 Å². The molecule has 1 atom stereocenters. The SMILES string of the molecule is Cc1cccc(C)c1C(Br)c1ccc(F)cc1. The highest BCUT2D eigenvalue weighted by Crippen LogP contribution is 2.34. The number of alkyl halides is 1. The Balaban J connectivity index is 2.43. The van der Waals surface area contributed by atoms with E-state index in [9.17, 15) is 4.39 Å². The summed E-state index contributed by atoms with van der Waals surface area (Å²) >= 11 is 3.70. The van der Waals surface area contributed by atoms with E-state index in [4.69, 9.17) is 0 Å². The van der Waals surface area contributed by atoms with Crippen molar-refractivity contribution in [2.24, 2.45) is 0 Å². The van der Waals surface area contributed by atoms with Gasteiger partial charge < -0.3 is 0 Å². The quantitative estimate of drug-likeness (QED) is 0.689. The van der Waals surface area contributed by atoms with Gasteiger partial charge in [0.15, 0.2) is 0 Å². The Bertz CT molecular complexity index is 497. The first-order valence-corrected chi connectivity index (χ1v) is 6.47. The second-order valence-corrected chi connectivity index (χ2v) is 5.14. The molecule has 0 aliphatic rings. The van der Waals surface area contributed by atoms with Crippen LogP contribution in [0.2, 0.25) is 0 Å². The fourth-order valence-electron chi connectivity index (χ4n) is 2.03. The first kappa shape index (κ1) is 12.3. The van der Waals surface area contributed by atoms with Crippen molar-refractivity contribution in [1.82, 2.24) is 0 Å². The molecule has 0 spiro atoms. The molecule has 0 radical (unpaired) electrons. The third-order valence-electron chi connectivity index (χ3n) is 2.96. The van der Waals surface area contributed by atoms with Gasteiger partial charge in [0.1, 0.15) is 5.82 Å². The van der Waals surface area contributed by atoms with Crippen molar-refractivity contribution in [3.05, 3.63) is 70.5 Å². The van der Waals surface area contributed by atoms with E-state index in [0.717, 1.165) is 5.56 Å². The van der Waals surface area contributed by atoms with Gasteiger partial charge in [-0.1, -0.05) is 46.3 Å². The Kier molecular flexibility index (Phi) is 3.63. The second-order valence-electron chi connectivity index (χ2n) is 4.22. The fourth-order valence-corrected chi connectivity index (χ4v) is 3.05. The van der Waals surface area contributed by atoms with Crippen LogP contribution >= 0.6 is 15.9 Å². The summed E-state index contributed by atoms with van der Waals surface area (Å²) in [5.74, 6) is -0.199. The fraction of sp³-hybridized carbons (Fsp3) is 0.200. The molecule has 0 saturated heterocycles. The number of halogens is 2. The molecule has 2 aromatic rings. The predicted molar refractivity (Wildman–Crippen MR) is 73.1 cm³/mol. The van der Waals surface area contributed by atoms with Gasteiger partial charge in [-0.15, -0.1) is 0 Å². The molecule has 0 amide bonds. The zero-order chi connectivity index (χ0) is 12.4. The maximum absolute atomic E-state index is 12.9. The molecule has 0 aliphatic heterocycles. The van der Waals surface area contributed by atoms with Crippen molar-refractivity contribution in [3.63, 3.8) is 0 Å². The van der Waals surface area contributed by atoms with Crippen molar-refractivity contribution in [1.29, 1.82) is 0 Å². The van der Waals surface area contributed by atoms with Crippen LogP contribution in [0, 0.1) is 19.7 Å². The topological polar surface area (TPSA) is 0 Å². The molecule has 1 unspecified atom stereocenters. The Morgan fingerprint density at radius 1 is 0.941 bits per heavy atom. The Morgan fingerprint density at radius 3 is 2.00 bits per heavy atom. The van der Waals surface area contributed by atoms with Gasteiger partial charge in [0.2, 0.25) is 0 Å². The molecular formula is C15H14BrF. The van der Waals surface area contributed by atoms with E-state index in [1.54, 1.807) is 0 Å². The molecular weight excluding hydrogens is 279 g/mol. The van der Waals surface area contributed by atoms with Crippen LogP contribution in [0.3, 0.4) is 0 Å². The van der Waals surface area contributed by atoms with Crippen LogP contribution in [0.15, 0.2) is 42.5 Å². The maximum Gasteiger partial charge on any atom is 0.123 e. The third-order valence-corrected chi connectivity index (χ3v) is 3.94. The van der Waals surface area contributed by atoms with Crippen LogP contribution in [-0.4, -0.2) is 0 Å². The van der Waals surface area contributed by atoms with Gasteiger partial charge in [0.25, 0.3) is 0 Å².